The molecule has 7 nitrogen and oxygen atoms in total. The van der Waals surface area contributed by atoms with Crippen molar-refractivity contribution in [3.05, 3.63) is 68.8 Å². The molecular formula is C21H21NO6. The highest BCUT2D eigenvalue weighted by Crippen LogP contribution is 2.44. The average molecular weight is 383 g/mol. The maximum Gasteiger partial charge on any atom is 0.310 e. The highest BCUT2D eigenvalue weighted by atomic mass is 16.6. The van der Waals surface area contributed by atoms with Crippen molar-refractivity contribution in [2.45, 2.75) is 26.2 Å². The number of ketones is 1. The summed E-state index contributed by atoms with van der Waals surface area (Å²) in [5, 5.41) is 11.2. The fraction of sp³-hybridized carbons (Fsp3) is 0.333. The van der Waals surface area contributed by atoms with Crippen LogP contribution in [0.2, 0.25) is 0 Å². The fourth-order valence-electron chi connectivity index (χ4n) is 3.78. The predicted molar refractivity (Wildman–Crippen MR) is 102 cm³/mol. The largest absolute Gasteiger partial charge is 0.496 e. The van der Waals surface area contributed by atoms with Crippen molar-refractivity contribution in [2.24, 2.45) is 5.92 Å². The van der Waals surface area contributed by atoms with Crippen molar-refractivity contribution >= 4 is 17.4 Å². The van der Waals surface area contributed by atoms with Crippen LogP contribution in [0.3, 0.4) is 0 Å². The molecule has 0 N–H and O–H groups in total. The van der Waals surface area contributed by atoms with E-state index in [9.17, 15) is 19.7 Å². The van der Waals surface area contributed by atoms with Crippen molar-refractivity contribution in [1.82, 2.24) is 0 Å². The molecule has 0 fully saturated rings. The molecule has 2 aromatic carbocycles. The van der Waals surface area contributed by atoms with Gasteiger partial charge in [-0.25, -0.2) is 0 Å². The number of ether oxygens (including phenoxy) is 2. The van der Waals surface area contributed by atoms with Crippen LogP contribution in [0, 0.1) is 23.0 Å². The molecule has 3 rings (SSSR count). The summed E-state index contributed by atoms with van der Waals surface area (Å²) in [6.07, 6.45) is -0.00897. The Bertz CT molecular complexity index is 952. The topological polar surface area (TPSA) is 95.7 Å². The molecule has 7 heteroatoms. The first kappa shape index (κ1) is 19.5. The number of methoxy groups -OCH3 is 1. The van der Waals surface area contributed by atoms with Gasteiger partial charge in [0.15, 0.2) is 5.78 Å². The highest BCUT2D eigenvalue weighted by molar-refractivity contribution is 6.02. The van der Waals surface area contributed by atoms with E-state index < -0.39 is 22.7 Å². The number of carbonyl (C=O) groups is 2. The molecule has 1 aliphatic carbocycles. The molecule has 1 aliphatic rings. The van der Waals surface area contributed by atoms with E-state index in [-0.39, 0.29) is 24.5 Å². The summed E-state index contributed by atoms with van der Waals surface area (Å²) in [5.74, 6) is -1.35. The van der Waals surface area contributed by atoms with E-state index in [2.05, 4.69) is 0 Å². The first-order chi connectivity index (χ1) is 13.4. The Morgan fingerprint density at radius 3 is 2.68 bits per heavy atom. The van der Waals surface area contributed by atoms with Crippen LogP contribution in [-0.4, -0.2) is 30.4 Å². The van der Waals surface area contributed by atoms with Crippen molar-refractivity contribution in [2.75, 3.05) is 13.7 Å². The molecule has 0 radical (unpaired) electrons. The van der Waals surface area contributed by atoms with E-state index in [0.29, 0.717) is 22.4 Å². The lowest BCUT2D eigenvalue weighted by Crippen LogP contribution is -2.33. The van der Waals surface area contributed by atoms with Gasteiger partial charge in [0, 0.05) is 30.0 Å². The Morgan fingerprint density at radius 1 is 1.29 bits per heavy atom. The number of hydrogen-bond donors (Lipinski definition) is 0. The number of fused-ring (bicyclic) bond motifs is 1. The van der Waals surface area contributed by atoms with Crippen LogP contribution in [0.25, 0.3) is 0 Å². The zero-order valence-corrected chi connectivity index (χ0v) is 15.9. The van der Waals surface area contributed by atoms with Crippen LogP contribution >= 0.6 is 0 Å². The van der Waals surface area contributed by atoms with Gasteiger partial charge in [0.2, 0.25) is 0 Å². The number of Topliss-reactive ketones (excluding diaryl/α,β-unsaturated/α-hetero) is 1. The minimum absolute atomic E-state index is 0.00897. The number of rotatable bonds is 5. The maximum absolute atomic E-state index is 12.8. The van der Waals surface area contributed by atoms with Gasteiger partial charge in [0.05, 0.1) is 24.6 Å². The highest BCUT2D eigenvalue weighted by Gasteiger charge is 2.41. The summed E-state index contributed by atoms with van der Waals surface area (Å²) in [6, 6.07) is 9.66. The SMILES string of the molecule is CCOC(=O)[C@@H]1CC(=O)c2cc(C)c(OC)cc2[C@H]1c1cccc([N+](=O)[O-])c1. The van der Waals surface area contributed by atoms with Crippen LogP contribution in [0.5, 0.6) is 5.75 Å². The molecule has 0 aromatic heterocycles. The minimum atomic E-state index is -0.755. The number of esters is 1. The van der Waals surface area contributed by atoms with E-state index in [1.54, 1.807) is 31.2 Å². The van der Waals surface area contributed by atoms with Crippen LogP contribution in [0.15, 0.2) is 36.4 Å². The number of non-ortho nitro benzene ring substituents is 1. The zero-order chi connectivity index (χ0) is 20.4. The fourth-order valence-corrected chi connectivity index (χ4v) is 3.78. The molecule has 2 aromatic rings. The molecule has 146 valence electrons. The van der Waals surface area contributed by atoms with E-state index in [1.807, 2.05) is 6.92 Å². The van der Waals surface area contributed by atoms with Gasteiger partial charge in [-0.05, 0) is 42.7 Å². The summed E-state index contributed by atoms with van der Waals surface area (Å²) in [6.45, 7) is 3.73. The van der Waals surface area contributed by atoms with Crippen molar-refractivity contribution in [3.63, 3.8) is 0 Å². The van der Waals surface area contributed by atoms with Crippen LogP contribution in [-0.2, 0) is 9.53 Å². The molecule has 0 saturated heterocycles. The molecule has 28 heavy (non-hydrogen) atoms. The third-order valence-corrected chi connectivity index (χ3v) is 5.04. The van der Waals surface area contributed by atoms with Gasteiger partial charge < -0.3 is 9.47 Å². The normalized spacial score (nSPS) is 18.3. The van der Waals surface area contributed by atoms with E-state index in [4.69, 9.17) is 9.47 Å². The summed E-state index contributed by atoms with van der Waals surface area (Å²) in [5.41, 5.74) is 2.46. The van der Waals surface area contributed by atoms with Crippen molar-refractivity contribution < 1.29 is 24.0 Å². The lowest BCUT2D eigenvalue weighted by Gasteiger charge is -2.32. The number of nitro groups is 1. The third kappa shape index (κ3) is 3.47. The second-order valence-corrected chi connectivity index (χ2v) is 6.72. The molecule has 0 aliphatic heterocycles. The Balaban J connectivity index is 2.23. The van der Waals surface area contributed by atoms with Crippen LogP contribution in [0.4, 0.5) is 5.69 Å². The number of carbonyl (C=O) groups excluding carboxylic acids is 2. The smallest absolute Gasteiger partial charge is 0.310 e. The van der Waals surface area contributed by atoms with Crippen molar-refractivity contribution in [1.29, 1.82) is 0 Å². The second kappa shape index (κ2) is 7.80. The number of aryl methyl sites for hydroxylation is 1. The maximum atomic E-state index is 12.8. The molecule has 0 saturated carbocycles. The Hall–Kier alpha value is -3.22. The average Bonchev–Trinajstić information content (AvgIpc) is 2.68. The Kier molecular flexibility index (Phi) is 5.44. The summed E-state index contributed by atoms with van der Waals surface area (Å²) >= 11 is 0. The van der Waals surface area contributed by atoms with Crippen LogP contribution in [0.1, 0.15) is 46.3 Å². The number of benzene rings is 2. The quantitative estimate of drug-likeness (QED) is 0.443. The Labute approximate surface area is 162 Å². The van der Waals surface area contributed by atoms with Gasteiger partial charge in [-0.3, -0.25) is 19.7 Å². The molecule has 0 spiro atoms. The van der Waals surface area contributed by atoms with Crippen LogP contribution < -0.4 is 4.74 Å². The third-order valence-electron chi connectivity index (χ3n) is 5.04. The number of nitrogens with zero attached hydrogens (tertiary/aromatic N) is 1. The van der Waals surface area contributed by atoms with Gasteiger partial charge in [0.1, 0.15) is 5.75 Å². The number of nitro benzene ring substituents is 1. The van der Waals surface area contributed by atoms with Crippen molar-refractivity contribution in [3.8, 4) is 5.75 Å². The summed E-state index contributed by atoms with van der Waals surface area (Å²) in [7, 11) is 1.53. The molecule has 0 bridgehead atoms. The van der Waals surface area contributed by atoms with Gasteiger partial charge in [-0.15, -0.1) is 0 Å². The van der Waals surface area contributed by atoms with Gasteiger partial charge in [-0.2, -0.15) is 0 Å². The monoisotopic (exact) mass is 383 g/mol. The second-order valence-electron chi connectivity index (χ2n) is 6.72. The van der Waals surface area contributed by atoms with Gasteiger partial charge in [0.25, 0.3) is 5.69 Å². The minimum Gasteiger partial charge on any atom is -0.496 e. The van der Waals surface area contributed by atoms with E-state index in [0.717, 1.165) is 5.56 Å². The summed E-state index contributed by atoms with van der Waals surface area (Å²) < 4.78 is 10.6. The summed E-state index contributed by atoms with van der Waals surface area (Å²) in [4.78, 5) is 36.1. The Morgan fingerprint density at radius 2 is 2.04 bits per heavy atom. The zero-order valence-electron chi connectivity index (χ0n) is 15.9. The lowest BCUT2D eigenvalue weighted by atomic mass is 9.71. The lowest BCUT2D eigenvalue weighted by molar-refractivity contribution is -0.384. The van der Waals surface area contributed by atoms with Gasteiger partial charge >= 0.3 is 5.97 Å². The van der Waals surface area contributed by atoms with E-state index >= 15 is 0 Å². The molecular weight excluding hydrogens is 362 g/mol. The standard InChI is InChI=1S/C21H21NO6/c1-4-28-21(24)17-10-18(23)15-8-12(2)19(27-3)11-16(15)20(17)13-6-5-7-14(9-13)22(25)26/h5-9,11,17,20H,4,10H2,1-3H3/t17-,20-/m1/s1. The van der Waals surface area contributed by atoms with Gasteiger partial charge in [-0.1, -0.05) is 12.1 Å². The molecule has 0 amide bonds. The first-order valence-electron chi connectivity index (χ1n) is 9.00. The van der Waals surface area contributed by atoms with E-state index in [1.165, 1.54) is 19.2 Å². The predicted octanol–water partition coefficient (Wildman–Crippen LogP) is 3.81. The molecule has 0 unspecified atom stereocenters. The first-order valence-corrected chi connectivity index (χ1v) is 9.00. The molecule has 2 atom stereocenters. The number of hydrogen-bond acceptors (Lipinski definition) is 6. The molecule has 0 heterocycles.